The fraction of sp³-hybridized carbons (Fsp3) is 0.474. The maximum atomic E-state index is 12.3. The molecule has 1 saturated heterocycles. The van der Waals surface area contributed by atoms with Crippen LogP contribution in [0.4, 0.5) is 0 Å². The van der Waals surface area contributed by atoms with Crippen LogP contribution in [0.3, 0.4) is 0 Å². The molecule has 1 N–H and O–H groups in total. The van der Waals surface area contributed by atoms with E-state index >= 15 is 0 Å². The van der Waals surface area contributed by atoms with Crippen LogP contribution in [-0.2, 0) is 16.0 Å². The van der Waals surface area contributed by atoms with E-state index in [-0.39, 0.29) is 11.9 Å². The number of hydrogen-bond acceptors (Lipinski definition) is 6. The Bertz CT molecular complexity index is 711. The number of aromatic nitrogens is 1. The van der Waals surface area contributed by atoms with E-state index in [0.29, 0.717) is 13.0 Å². The highest BCUT2D eigenvalue weighted by atomic mass is 32.1. The largest absolute Gasteiger partial charge is 0.497 e. The molecule has 2 heterocycles. The Balaban J connectivity index is 1.65. The second kappa shape index (κ2) is 9.12. The van der Waals surface area contributed by atoms with Gasteiger partial charge in [0, 0.05) is 25.0 Å². The van der Waals surface area contributed by atoms with Crippen LogP contribution in [-0.4, -0.2) is 55.7 Å². The van der Waals surface area contributed by atoms with Crippen LogP contribution in [0.1, 0.15) is 22.3 Å². The molecule has 1 aromatic heterocycles. The van der Waals surface area contributed by atoms with Gasteiger partial charge in [-0.05, 0) is 24.6 Å². The molecule has 1 fully saturated rings. The Morgan fingerprint density at radius 2 is 2.08 bits per heavy atom. The van der Waals surface area contributed by atoms with Crippen molar-refractivity contribution >= 4 is 17.2 Å². The number of morpholine rings is 1. The van der Waals surface area contributed by atoms with Gasteiger partial charge in [0.15, 0.2) is 0 Å². The number of carbonyl (C=O) groups excluding carboxylic acids is 1. The third-order valence-electron chi connectivity index (χ3n) is 4.49. The Hall–Kier alpha value is -1.96. The average Bonchev–Trinajstić information content (AvgIpc) is 3.08. The highest BCUT2D eigenvalue weighted by Gasteiger charge is 2.23. The monoisotopic (exact) mass is 375 g/mol. The minimum absolute atomic E-state index is 0.00192. The topological polar surface area (TPSA) is 63.7 Å². The SMILES string of the molecule is COc1ccc(C(CNC(=O)Cc2csc(C)n2)N2CCOCC2)cc1. The van der Waals surface area contributed by atoms with Crippen molar-refractivity contribution in [3.05, 3.63) is 45.9 Å². The number of thiazole rings is 1. The molecule has 1 aliphatic heterocycles. The summed E-state index contributed by atoms with van der Waals surface area (Å²) in [4.78, 5) is 19.1. The van der Waals surface area contributed by atoms with Crippen LogP contribution in [0.5, 0.6) is 5.75 Å². The summed E-state index contributed by atoms with van der Waals surface area (Å²) in [5, 5.41) is 6.00. The summed E-state index contributed by atoms with van der Waals surface area (Å²) in [6.45, 7) is 5.67. The van der Waals surface area contributed by atoms with Crippen LogP contribution in [0.15, 0.2) is 29.6 Å². The molecule has 2 aromatic rings. The van der Waals surface area contributed by atoms with E-state index in [9.17, 15) is 4.79 Å². The molecule has 1 amide bonds. The smallest absolute Gasteiger partial charge is 0.226 e. The number of hydrogen-bond donors (Lipinski definition) is 1. The number of nitrogens with one attached hydrogen (secondary N) is 1. The first-order valence-electron chi connectivity index (χ1n) is 8.79. The lowest BCUT2D eigenvalue weighted by Gasteiger charge is -2.35. The minimum Gasteiger partial charge on any atom is -0.497 e. The first kappa shape index (κ1) is 18.8. The van der Waals surface area contributed by atoms with Gasteiger partial charge in [0.05, 0.1) is 43.5 Å². The highest BCUT2D eigenvalue weighted by Crippen LogP contribution is 2.23. The second-order valence-electron chi connectivity index (χ2n) is 6.28. The van der Waals surface area contributed by atoms with E-state index in [0.717, 1.165) is 48.3 Å². The van der Waals surface area contributed by atoms with Gasteiger partial charge in [0.2, 0.25) is 5.91 Å². The maximum absolute atomic E-state index is 12.3. The number of methoxy groups -OCH3 is 1. The van der Waals surface area contributed by atoms with Crippen LogP contribution < -0.4 is 10.1 Å². The summed E-state index contributed by atoms with van der Waals surface area (Å²) < 4.78 is 10.7. The first-order chi connectivity index (χ1) is 12.7. The van der Waals surface area contributed by atoms with E-state index in [2.05, 4.69) is 27.3 Å². The van der Waals surface area contributed by atoms with Gasteiger partial charge >= 0.3 is 0 Å². The third kappa shape index (κ3) is 5.03. The van der Waals surface area contributed by atoms with Gasteiger partial charge in [-0.15, -0.1) is 11.3 Å². The fourth-order valence-electron chi connectivity index (χ4n) is 3.10. The lowest BCUT2D eigenvalue weighted by molar-refractivity contribution is -0.120. The van der Waals surface area contributed by atoms with Crippen molar-refractivity contribution in [1.82, 2.24) is 15.2 Å². The molecule has 140 valence electrons. The van der Waals surface area contributed by atoms with Crippen molar-refractivity contribution in [2.75, 3.05) is 40.0 Å². The summed E-state index contributed by atoms with van der Waals surface area (Å²) >= 11 is 1.57. The van der Waals surface area contributed by atoms with Crippen LogP contribution in [0, 0.1) is 6.92 Å². The molecule has 1 atom stereocenters. The zero-order valence-electron chi connectivity index (χ0n) is 15.2. The van der Waals surface area contributed by atoms with Crippen molar-refractivity contribution in [2.24, 2.45) is 0 Å². The number of aryl methyl sites for hydroxylation is 1. The van der Waals surface area contributed by atoms with E-state index in [1.807, 2.05) is 24.4 Å². The van der Waals surface area contributed by atoms with Crippen molar-refractivity contribution < 1.29 is 14.3 Å². The number of carbonyl (C=O) groups is 1. The molecular formula is C19H25N3O3S. The van der Waals surface area contributed by atoms with Gasteiger partial charge in [0.1, 0.15) is 5.75 Å². The van der Waals surface area contributed by atoms with Gasteiger partial charge < -0.3 is 14.8 Å². The predicted octanol–water partition coefficient (Wildman–Crippen LogP) is 2.19. The lowest BCUT2D eigenvalue weighted by atomic mass is 10.0. The molecule has 1 aliphatic rings. The second-order valence-corrected chi connectivity index (χ2v) is 7.34. The Labute approximate surface area is 158 Å². The van der Waals surface area contributed by atoms with Crippen LogP contribution in [0.2, 0.25) is 0 Å². The lowest BCUT2D eigenvalue weighted by Crippen LogP contribution is -2.44. The van der Waals surface area contributed by atoms with Gasteiger partial charge in [-0.2, -0.15) is 0 Å². The van der Waals surface area contributed by atoms with Crippen LogP contribution in [0.25, 0.3) is 0 Å². The third-order valence-corrected chi connectivity index (χ3v) is 5.31. The summed E-state index contributed by atoms with van der Waals surface area (Å²) in [6.07, 6.45) is 0.322. The molecular weight excluding hydrogens is 350 g/mol. The highest BCUT2D eigenvalue weighted by molar-refractivity contribution is 7.09. The number of rotatable bonds is 7. The van der Waals surface area contributed by atoms with Crippen molar-refractivity contribution in [2.45, 2.75) is 19.4 Å². The van der Waals surface area contributed by atoms with Crippen LogP contribution >= 0.6 is 11.3 Å². The van der Waals surface area contributed by atoms with E-state index in [1.54, 1.807) is 18.4 Å². The van der Waals surface area contributed by atoms with Gasteiger partial charge in [-0.3, -0.25) is 9.69 Å². The summed E-state index contributed by atoms with van der Waals surface area (Å²) in [6, 6.07) is 8.17. The first-order valence-corrected chi connectivity index (χ1v) is 9.67. The van der Waals surface area contributed by atoms with Gasteiger partial charge in [-0.1, -0.05) is 12.1 Å². The molecule has 26 heavy (non-hydrogen) atoms. The van der Waals surface area contributed by atoms with Gasteiger partial charge in [0.25, 0.3) is 0 Å². The Morgan fingerprint density at radius 3 is 2.69 bits per heavy atom. The number of benzene rings is 1. The summed E-state index contributed by atoms with van der Waals surface area (Å²) in [5.41, 5.74) is 2.00. The maximum Gasteiger partial charge on any atom is 0.226 e. The van der Waals surface area contributed by atoms with E-state index in [1.165, 1.54) is 0 Å². The number of ether oxygens (including phenoxy) is 2. The molecule has 0 spiro atoms. The van der Waals surface area contributed by atoms with Crippen molar-refractivity contribution in [1.29, 1.82) is 0 Å². The van der Waals surface area contributed by atoms with Crippen molar-refractivity contribution in [3.8, 4) is 5.75 Å². The molecule has 6 nitrogen and oxygen atoms in total. The molecule has 0 saturated carbocycles. The molecule has 1 unspecified atom stereocenters. The van der Waals surface area contributed by atoms with Crippen molar-refractivity contribution in [3.63, 3.8) is 0 Å². The van der Waals surface area contributed by atoms with E-state index in [4.69, 9.17) is 9.47 Å². The normalized spacial score (nSPS) is 16.2. The molecule has 3 rings (SSSR count). The number of nitrogens with zero attached hydrogens (tertiary/aromatic N) is 2. The molecule has 7 heteroatoms. The fourth-order valence-corrected chi connectivity index (χ4v) is 3.71. The Kier molecular flexibility index (Phi) is 6.60. The molecule has 1 aromatic carbocycles. The average molecular weight is 375 g/mol. The quantitative estimate of drug-likeness (QED) is 0.804. The van der Waals surface area contributed by atoms with Gasteiger partial charge in [-0.25, -0.2) is 4.98 Å². The predicted molar refractivity (Wildman–Crippen MR) is 102 cm³/mol. The Morgan fingerprint density at radius 1 is 1.35 bits per heavy atom. The zero-order valence-corrected chi connectivity index (χ0v) is 16.1. The van der Waals surface area contributed by atoms with E-state index < -0.39 is 0 Å². The summed E-state index contributed by atoms with van der Waals surface area (Å²) in [7, 11) is 1.66. The zero-order chi connectivity index (χ0) is 18.4. The number of amides is 1. The molecule has 0 radical (unpaired) electrons. The molecule has 0 aliphatic carbocycles. The molecule has 0 bridgehead atoms. The standard InChI is InChI=1S/C19H25N3O3S/c1-14-21-16(13-26-14)11-19(23)20-12-18(22-7-9-25-10-8-22)15-3-5-17(24-2)6-4-15/h3-6,13,18H,7-12H2,1-2H3,(H,20,23). The minimum atomic E-state index is 0.00192. The summed E-state index contributed by atoms with van der Waals surface area (Å²) in [5.74, 6) is 0.833.